The van der Waals surface area contributed by atoms with E-state index in [1.165, 1.54) is 12.8 Å². The quantitative estimate of drug-likeness (QED) is 0.724. The molecule has 0 spiro atoms. The topological polar surface area (TPSA) is 88.9 Å². The van der Waals surface area contributed by atoms with E-state index in [2.05, 4.69) is 36.9 Å². The maximum Gasteiger partial charge on any atom is 0.251 e. The highest BCUT2D eigenvalue weighted by Crippen LogP contribution is 2.37. The van der Waals surface area contributed by atoms with Crippen molar-refractivity contribution < 1.29 is 0 Å². The fraction of sp³-hybridized carbons (Fsp3) is 0.391. The van der Waals surface area contributed by atoms with E-state index < -0.39 is 0 Å². The van der Waals surface area contributed by atoms with E-state index in [4.69, 9.17) is 5.26 Å². The molecule has 3 aromatic rings. The standard InChI is InChI=1S/C23H24N6O/c1-2-16-10-19-20(27-23(16)30)9-15(12-26-19)14-28-7-8-29(22-6-5-21(22)28)18-4-3-17(11-24)25-13-18/h3-4,9-10,12-13,21-22H,2,5-8,14H2,1H3,(H,27,30). The number of nitrogens with zero attached hydrogens (tertiary/aromatic N) is 5. The van der Waals surface area contributed by atoms with Crippen molar-refractivity contribution in [2.45, 2.75) is 44.8 Å². The second kappa shape index (κ2) is 7.54. The summed E-state index contributed by atoms with van der Waals surface area (Å²) in [7, 11) is 0. The lowest BCUT2D eigenvalue weighted by Crippen LogP contribution is -2.64. The molecular weight excluding hydrogens is 376 g/mol. The molecule has 2 fully saturated rings. The van der Waals surface area contributed by atoms with Crippen LogP contribution in [0.15, 0.2) is 41.5 Å². The smallest absolute Gasteiger partial charge is 0.251 e. The number of nitriles is 1. The number of hydrogen-bond donors (Lipinski definition) is 1. The second-order valence-corrected chi connectivity index (χ2v) is 8.14. The number of anilines is 1. The highest BCUT2D eigenvalue weighted by Gasteiger charge is 2.42. The van der Waals surface area contributed by atoms with Gasteiger partial charge in [-0.15, -0.1) is 0 Å². The minimum absolute atomic E-state index is 0.0207. The first kappa shape index (κ1) is 18.8. The number of aryl methyl sites for hydroxylation is 1. The van der Waals surface area contributed by atoms with Gasteiger partial charge in [0.1, 0.15) is 11.8 Å². The molecule has 152 valence electrons. The minimum atomic E-state index is -0.0207. The van der Waals surface area contributed by atoms with Crippen LogP contribution < -0.4 is 10.5 Å². The molecule has 30 heavy (non-hydrogen) atoms. The first-order chi connectivity index (χ1) is 14.7. The molecule has 1 saturated heterocycles. The van der Waals surface area contributed by atoms with Crippen LogP contribution >= 0.6 is 0 Å². The third-order valence-electron chi connectivity index (χ3n) is 6.49. The van der Waals surface area contributed by atoms with Gasteiger partial charge in [-0.3, -0.25) is 14.7 Å². The van der Waals surface area contributed by atoms with Gasteiger partial charge in [0.25, 0.3) is 5.56 Å². The normalized spacial score (nSPS) is 21.1. The van der Waals surface area contributed by atoms with Crippen LogP contribution in [0.2, 0.25) is 0 Å². The van der Waals surface area contributed by atoms with Crippen molar-refractivity contribution >= 4 is 16.7 Å². The van der Waals surface area contributed by atoms with Crippen LogP contribution in [0, 0.1) is 11.3 Å². The Bertz CT molecular complexity index is 1180. The van der Waals surface area contributed by atoms with E-state index in [-0.39, 0.29) is 5.56 Å². The van der Waals surface area contributed by atoms with E-state index in [0.717, 1.165) is 47.5 Å². The Morgan fingerprint density at radius 1 is 1.17 bits per heavy atom. The maximum absolute atomic E-state index is 12.2. The van der Waals surface area contributed by atoms with Gasteiger partial charge in [0.2, 0.25) is 0 Å². The number of hydrogen-bond acceptors (Lipinski definition) is 6. The van der Waals surface area contributed by atoms with Crippen molar-refractivity contribution in [1.82, 2.24) is 19.9 Å². The number of nitrogens with one attached hydrogen (secondary N) is 1. The Labute approximate surface area is 175 Å². The molecule has 7 heteroatoms. The molecule has 2 atom stereocenters. The summed E-state index contributed by atoms with van der Waals surface area (Å²) in [6, 6.07) is 10.8. The summed E-state index contributed by atoms with van der Waals surface area (Å²) >= 11 is 0. The summed E-state index contributed by atoms with van der Waals surface area (Å²) in [5.41, 5.74) is 5.08. The molecule has 4 heterocycles. The largest absolute Gasteiger partial charge is 0.364 e. The monoisotopic (exact) mass is 400 g/mol. The van der Waals surface area contributed by atoms with Crippen LogP contribution in [-0.2, 0) is 13.0 Å². The number of rotatable bonds is 4. The lowest BCUT2D eigenvalue weighted by Gasteiger charge is -2.54. The number of fused-ring (bicyclic) bond motifs is 2. The average Bonchev–Trinajstić information content (AvgIpc) is 2.74. The summed E-state index contributed by atoms with van der Waals surface area (Å²) in [5.74, 6) is 0. The molecule has 0 aromatic carbocycles. The predicted molar refractivity (Wildman–Crippen MR) is 115 cm³/mol. The van der Waals surface area contributed by atoms with Gasteiger partial charge in [0, 0.05) is 43.5 Å². The molecule has 1 aliphatic carbocycles. The molecular formula is C23H24N6O. The molecule has 2 aliphatic rings. The summed E-state index contributed by atoms with van der Waals surface area (Å²) < 4.78 is 0. The van der Waals surface area contributed by atoms with Gasteiger partial charge >= 0.3 is 0 Å². The van der Waals surface area contributed by atoms with Gasteiger partial charge in [-0.05, 0) is 49.1 Å². The van der Waals surface area contributed by atoms with Gasteiger partial charge in [-0.2, -0.15) is 5.26 Å². The van der Waals surface area contributed by atoms with Crippen LogP contribution in [-0.4, -0.2) is 45.0 Å². The first-order valence-electron chi connectivity index (χ1n) is 10.5. The van der Waals surface area contributed by atoms with Crippen molar-refractivity contribution in [3.8, 4) is 6.07 Å². The van der Waals surface area contributed by atoms with Crippen LogP contribution in [0.3, 0.4) is 0 Å². The third kappa shape index (κ3) is 3.23. The van der Waals surface area contributed by atoms with Gasteiger partial charge in [0.05, 0.1) is 22.9 Å². The molecule has 1 saturated carbocycles. The highest BCUT2D eigenvalue weighted by atomic mass is 16.1. The fourth-order valence-corrected chi connectivity index (χ4v) is 4.71. The van der Waals surface area contributed by atoms with Gasteiger partial charge < -0.3 is 9.88 Å². The van der Waals surface area contributed by atoms with Crippen LogP contribution in [0.25, 0.3) is 11.0 Å². The lowest BCUT2D eigenvalue weighted by molar-refractivity contribution is 0.0658. The number of H-pyrrole nitrogens is 1. The fourth-order valence-electron chi connectivity index (χ4n) is 4.71. The lowest BCUT2D eigenvalue weighted by atomic mass is 9.81. The predicted octanol–water partition coefficient (Wildman–Crippen LogP) is 2.61. The van der Waals surface area contributed by atoms with E-state index in [1.54, 1.807) is 6.07 Å². The van der Waals surface area contributed by atoms with E-state index in [0.29, 0.717) is 24.2 Å². The van der Waals surface area contributed by atoms with Crippen LogP contribution in [0.4, 0.5) is 5.69 Å². The molecule has 1 aliphatic heterocycles. The molecule has 0 radical (unpaired) electrons. The Balaban J connectivity index is 1.33. The third-order valence-corrected chi connectivity index (χ3v) is 6.49. The molecule has 5 rings (SSSR count). The number of piperazine rings is 1. The van der Waals surface area contributed by atoms with Gasteiger partial charge in [0.15, 0.2) is 0 Å². The molecule has 0 bridgehead atoms. The Hall–Kier alpha value is -3.24. The Morgan fingerprint density at radius 2 is 2.03 bits per heavy atom. The van der Waals surface area contributed by atoms with Crippen molar-refractivity contribution in [2.75, 3.05) is 18.0 Å². The highest BCUT2D eigenvalue weighted by molar-refractivity contribution is 5.74. The minimum Gasteiger partial charge on any atom is -0.364 e. The molecule has 7 nitrogen and oxygen atoms in total. The summed E-state index contributed by atoms with van der Waals surface area (Å²) in [6.07, 6.45) is 6.81. The molecule has 2 unspecified atom stereocenters. The van der Waals surface area contributed by atoms with Crippen LogP contribution in [0.5, 0.6) is 0 Å². The zero-order valence-electron chi connectivity index (χ0n) is 17.0. The number of aromatic amines is 1. The molecule has 3 aromatic heterocycles. The maximum atomic E-state index is 12.2. The summed E-state index contributed by atoms with van der Waals surface area (Å²) in [5, 5.41) is 8.97. The Kier molecular flexibility index (Phi) is 4.72. The van der Waals surface area contributed by atoms with Crippen LogP contribution in [0.1, 0.15) is 36.6 Å². The SMILES string of the molecule is CCc1cc2ncc(CN3CCN(c4ccc(C#N)nc4)C4CCC43)cc2[nH]c1=O. The van der Waals surface area contributed by atoms with Gasteiger partial charge in [-0.25, -0.2) is 4.98 Å². The zero-order chi connectivity index (χ0) is 20.7. The number of aromatic nitrogens is 3. The summed E-state index contributed by atoms with van der Waals surface area (Å²) in [4.78, 5) is 28.9. The van der Waals surface area contributed by atoms with E-state index in [9.17, 15) is 4.79 Å². The summed E-state index contributed by atoms with van der Waals surface area (Å²) in [6.45, 7) is 4.71. The Morgan fingerprint density at radius 3 is 2.73 bits per heavy atom. The number of pyridine rings is 3. The molecule has 0 amide bonds. The molecule has 1 N–H and O–H groups in total. The van der Waals surface area contributed by atoms with Gasteiger partial charge in [-0.1, -0.05) is 6.92 Å². The van der Waals surface area contributed by atoms with E-state index >= 15 is 0 Å². The van der Waals surface area contributed by atoms with Crippen molar-refractivity contribution in [1.29, 1.82) is 5.26 Å². The van der Waals surface area contributed by atoms with Crippen molar-refractivity contribution in [3.63, 3.8) is 0 Å². The zero-order valence-corrected chi connectivity index (χ0v) is 17.0. The average molecular weight is 400 g/mol. The van der Waals surface area contributed by atoms with E-state index in [1.807, 2.05) is 31.5 Å². The second-order valence-electron chi connectivity index (χ2n) is 8.14. The van der Waals surface area contributed by atoms with Crippen molar-refractivity contribution in [2.24, 2.45) is 0 Å². The first-order valence-corrected chi connectivity index (χ1v) is 10.5. The van der Waals surface area contributed by atoms with Crippen molar-refractivity contribution in [3.05, 3.63) is 63.8 Å².